The van der Waals surface area contributed by atoms with Gasteiger partial charge in [0.25, 0.3) is 0 Å². The fourth-order valence-corrected chi connectivity index (χ4v) is 0.594. The van der Waals surface area contributed by atoms with Crippen molar-refractivity contribution in [2.75, 3.05) is 0 Å². The maximum atomic E-state index is 10.5. The molecule has 9 heavy (non-hydrogen) atoms. The molecule has 2 heteroatoms. The molecule has 0 aromatic rings. The third kappa shape index (κ3) is 8.02. The zero-order valence-corrected chi connectivity index (χ0v) is 7.16. The second-order valence-corrected chi connectivity index (χ2v) is 4.23. The number of hydrogen-bond acceptors (Lipinski definition) is 2. The zero-order valence-electron chi connectivity index (χ0n) is 6.27. The van der Waals surface area contributed by atoms with E-state index < -0.39 is 0 Å². The van der Waals surface area contributed by atoms with Crippen LogP contribution >= 0.6 is 12.6 Å². The standard InChI is InChI=1S/C7H14OS/c1-6(8)4-5-7(2,3)9/h9H,4-5H2,1-3H3. The van der Waals surface area contributed by atoms with Gasteiger partial charge in [-0.15, -0.1) is 0 Å². The SMILES string of the molecule is CC(=O)CCC(C)(C)S. The third-order valence-electron chi connectivity index (χ3n) is 1.09. The Morgan fingerprint density at radius 3 is 2.11 bits per heavy atom. The largest absolute Gasteiger partial charge is 0.300 e. The van der Waals surface area contributed by atoms with E-state index >= 15 is 0 Å². The lowest BCUT2D eigenvalue weighted by molar-refractivity contribution is -0.117. The van der Waals surface area contributed by atoms with Crippen LogP contribution in [0, 0.1) is 0 Å². The van der Waals surface area contributed by atoms with Crippen molar-refractivity contribution in [1.29, 1.82) is 0 Å². The van der Waals surface area contributed by atoms with Crippen molar-refractivity contribution in [1.82, 2.24) is 0 Å². The number of rotatable bonds is 3. The van der Waals surface area contributed by atoms with Gasteiger partial charge in [0, 0.05) is 11.2 Å². The molecule has 0 atom stereocenters. The number of thiol groups is 1. The smallest absolute Gasteiger partial charge is 0.129 e. The van der Waals surface area contributed by atoms with Crippen LogP contribution in [0.25, 0.3) is 0 Å². The third-order valence-corrected chi connectivity index (χ3v) is 1.31. The molecule has 0 saturated carbocycles. The first-order chi connectivity index (χ1) is 3.92. The fraction of sp³-hybridized carbons (Fsp3) is 0.857. The van der Waals surface area contributed by atoms with Crippen molar-refractivity contribution < 1.29 is 4.79 Å². The topological polar surface area (TPSA) is 17.1 Å². The number of carbonyl (C=O) groups is 1. The van der Waals surface area contributed by atoms with Crippen molar-refractivity contribution in [3.05, 3.63) is 0 Å². The van der Waals surface area contributed by atoms with Crippen LogP contribution in [0.2, 0.25) is 0 Å². The molecule has 0 N–H and O–H groups in total. The molecule has 0 unspecified atom stereocenters. The summed E-state index contributed by atoms with van der Waals surface area (Å²) in [7, 11) is 0. The van der Waals surface area contributed by atoms with Gasteiger partial charge >= 0.3 is 0 Å². The Morgan fingerprint density at radius 1 is 1.56 bits per heavy atom. The van der Waals surface area contributed by atoms with E-state index in [1.807, 2.05) is 13.8 Å². The van der Waals surface area contributed by atoms with E-state index in [1.54, 1.807) is 6.92 Å². The van der Waals surface area contributed by atoms with Gasteiger partial charge in [-0.2, -0.15) is 12.6 Å². The average Bonchev–Trinajstić information content (AvgIpc) is 1.59. The Hall–Kier alpha value is 0.0200. The van der Waals surface area contributed by atoms with Gasteiger partial charge in [-0.25, -0.2) is 0 Å². The summed E-state index contributed by atoms with van der Waals surface area (Å²) in [6.07, 6.45) is 1.52. The maximum Gasteiger partial charge on any atom is 0.129 e. The van der Waals surface area contributed by atoms with Gasteiger partial charge in [0.2, 0.25) is 0 Å². The Kier molecular flexibility index (Phi) is 3.26. The number of carbonyl (C=O) groups excluding carboxylic acids is 1. The van der Waals surface area contributed by atoms with Gasteiger partial charge in [0.15, 0.2) is 0 Å². The van der Waals surface area contributed by atoms with Crippen LogP contribution in [-0.2, 0) is 4.79 Å². The minimum absolute atomic E-state index is 0.00562. The van der Waals surface area contributed by atoms with E-state index in [2.05, 4.69) is 12.6 Å². The van der Waals surface area contributed by atoms with Crippen LogP contribution in [0.3, 0.4) is 0 Å². The molecule has 0 amide bonds. The monoisotopic (exact) mass is 146 g/mol. The fourth-order valence-electron chi connectivity index (χ4n) is 0.482. The summed E-state index contributed by atoms with van der Waals surface area (Å²) in [5, 5.41) is 0. The highest BCUT2D eigenvalue weighted by Gasteiger charge is 2.11. The van der Waals surface area contributed by atoms with Gasteiger partial charge in [-0.1, -0.05) is 13.8 Å². The first-order valence-corrected chi connectivity index (χ1v) is 3.58. The minimum Gasteiger partial charge on any atom is -0.300 e. The maximum absolute atomic E-state index is 10.5. The quantitative estimate of drug-likeness (QED) is 0.603. The van der Waals surface area contributed by atoms with E-state index in [0.717, 1.165) is 6.42 Å². The van der Waals surface area contributed by atoms with E-state index in [-0.39, 0.29) is 10.5 Å². The molecule has 1 nitrogen and oxygen atoms in total. The summed E-state index contributed by atoms with van der Waals surface area (Å²) in [5.41, 5.74) is 0. The predicted octanol–water partition coefficient (Wildman–Crippen LogP) is 2.06. The average molecular weight is 146 g/mol. The van der Waals surface area contributed by atoms with Crippen molar-refractivity contribution >= 4 is 18.4 Å². The van der Waals surface area contributed by atoms with Gasteiger partial charge in [-0.05, 0) is 13.3 Å². The summed E-state index contributed by atoms with van der Waals surface area (Å²) in [6.45, 7) is 5.64. The first kappa shape index (κ1) is 9.02. The Labute approximate surface area is 62.2 Å². The molecule has 54 valence electrons. The lowest BCUT2D eigenvalue weighted by Gasteiger charge is -2.14. The van der Waals surface area contributed by atoms with Gasteiger partial charge in [0.05, 0.1) is 0 Å². The lowest BCUT2D eigenvalue weighted by Crippen LogP contribution is -2.11. The molecule has 0 radical (unpaired) electrons. The van der Waals surface area contributed by atoms with Gasteiger partial charge < -0.3 is 4.79 Å². The number of hydrogen-bond donors (Lipinski definition) is 1. The summed E-state index contributed by atoms with van der Waals surface area (Å²) < 4.78 is 0.00562. The van der Waals surface area contributed by atoms with Crippen LogP contribution in [-0.4, -0.2) is 10.5 Å². The van der Waals surface area contributed by atoms with Crippen LogP contribution < -0.4 is 0 Å². The molecule has 0 aliphatic heterocycles. The van der Waals surface area contributed by atoms with Crippen LogP contribution in [0.15, 0.2) is 0 Å². The van der Waals surface area contributed by atoms with E-state index in [9.17, 15) is 4.79 Å². The van der Waals surface area contributed by atoms with Gasteiger partial charge in [-0.3, -0.25) is 0 Å². The molecule has 0 aromatic carbocycles. The molecule has 0 spiro atoms. The van der Waals surface area contributed by atoms with Crippen LogP contribution in [0.5, 0.6) is 0 Å². The molecule has 0 heterocycles. The van der Waals surface area contributed by atoms with Crippen molar-refractivity contribution in [3.8, 4) is 0 Å². The van der Waals surface area contributed by atoms with E-state index in [4.69, 9.17) is 0 Å². The van der Waals surface area contributed by atoms with Crippen molar-refractivity contribution in [2.45, 2.75) is 38.4 Å². The molecule has 0 aliphatic carbocycles. The summed E-state index contributed by atoms with van der Waals surface area (Å²) in [5.74, 6) is 0.247. The second kappa shape index (κ2) is 3.25. The summed E-state index contributed by atoms with van der Waals surface area (Å²) in [6, 6.07) is 0. The van der Waals surface area contributed by atoms with Gasteiger partial charge in [0.1, 0.15) is 5.78 Å². The van der Waals surface area contributed by atoms with Crippen molar-refractivity contribution in [3.63, 3.8) is 0 Å². The molecular weight excluding hydrogens is 132 g/mol. The predicted molar refractivity (Wildman–Crippen MR) is 43.0 cm³/mol. The van der Waals surface area contributed by atoms with E-state index in [1.165, 1.54) is 0 Å². The highest BCUT2D eigenvalue weighted by atomic mass is 32.1. The zero-order chi connectivity index (χ0) is 7.49. The van der Waals surface area contributed by atoms with Crippen LogP contribution in [0.1, 0.15) is 33.6 Å². The highest BCUT2D eigenvalue weighted by molar-refractivity contribution is 7.81. The molecule has 0 rings (SSSR count). The Balaban J connectivity index is 3.39. The number of ketones is 1. The van der Waals surface area contributed by atoms with Crippen molar-refractivity contribution in [2.24, 2.45) is 0 Å². The summed E-state index contributed by atoms with van der Waals surface area (Å²) >= 11 is 4.28. The molecule has 0 aromatic heterocycles. The minimum atomic E-state index is 0.00562. The first-order valence-electron chi connectivity index (χ1n) is 3.13. The highest BCUT2D eigenvalue weighted by Crippen LogP contribution is 2.18. The Morgan fingerprint density at radius 2 is 2.00 bits per heavy atom. The normalized spacial score (nSPS) is 11.6. The summed E-state index contributed by atoms with van der Waals surface area (Å²) in [4.78, 5) is 10.5. The Bertz CT molecular complexity index is 102. The molecule has 0 saturated heterocycles. The van der Waals surface area contributed by atoms with Crippen LogP contribution in [0.4, 0.5) is 0 Å². The molecule has 0 aliphatic rings. The number of Topliss-reactive ketones (excluding diaryl/α,β-unsaturated/α-hetero) is 1. The van der Waals surface area contributed by atoms with E-state index in [0.29, 0.717) is 6.42 Å². The molecule has 0 fully saturated rings. The second-order valence-electron chi connectivity index (χ2n) is 3.01. The molecule has 0 bridgehead atoms. The molecular formula is C7H14OS. The lowest BCUT2D eigenvalue weighted by atomic mass is 10.1.